The van der Waals surface area contributed by atoms with Crippen molar-refractivity contribution in [1.29, 1.82) is 0 Å². The summed E-state index contributed by atoms with van der Waals surface area (Å²) in [4.78, 5) is 4.09. The molecule has 3 aromatic rings. The van der Waals surface area contributed by atoms with Crippen LogP contribution in [0.1, 0.15) is 5.56 Å². The van der Waals surface area contributed by atoms with Crippen molar-refractivity contribution in [2.45, 2.75) is 6.42 Å². The van der Waals surface area contributed by atoms with Crippen molar-refractivity contribution in [1.82, 2.24) is 4.98 Å². The minimum Gasteiger partial charge on any atom is -0.457 e. The number of pyridine rings is 1. The summed E-state index contributed by atoms with van der Waals surface area (Å²) in [5, 5.41) is 10.7. The number of fused-ring (bicyclic) bond motifs is 1. The average molecular weight is 280 g/mol. The molecule has 3 N–H and O–H groups in total. The van der Waals surface area contributed by atoms with Gasteiger partial charge in [-0.25, -0.2) is 0 Å². The molecular weight excluding hydrogens is 264 g/mol. The summed E-state index contributed by atoms with van der Waals surface area (Å²) in [5.41, 5.74) is 7.72. The predicted molar refractivity (Wildman–Crippen MR) is 83.5 cm³/mol. The van der Waals surface area contributed by atoms with Gasteiger partial charge >= 0.3 is 0 Å². The molecule has 1 heterocycles. The lowest BCUT2D eigenvalue weighted by molar-refractivity contribution is 0.299. The largest absolute Gasteiger partial charge is 0.457 e. The molecule has 0 saturated heterocycles. The van der Waals surface area contributed by atoms with Gasteiger partial charge < -0.3 is 15.6 Å². The first kappa shape index (κ1) is 13.4. The Bertz CT molecular complexity index is 754. The van der Waals surface area contributed by atoms with Crippen LogP contribution in [0.3, 0.4) is 0 Å². The highest BCUT2D eigenvalue weighted by atomic mass is 16.5. The summed E-state index contributed by atoms with van der Waals surface area (Å²) >= 11 is 0. The molecule has 1 aromatic heterocycles. The van der Waals surface area contributed by atoms with Crippen LogP contribution < -0.4 is 10.5 Å². The zero-order chi connectivity index (χ0) is 14.7. The number of nitrogens with two attached hydrogens (primary N) is 1. The molecule has 0 radical (unpaired) electrons. The van der Waals surface area contributed by atoms with Crippen LogP contribution in [0.2, 0.25) is 0 Å². The van der Waals surface area contributed by atoms with E-state index in [4.69, 9.17) is 15.6 Å². The fourth-order valence-corrected chi connectivity index (χ4v) is 2.25. The van der Waals surface area contributed by atoms with Crippen LogP contribution in [0.4, 0.5) is 5.69 Å². The number of aliphatic hydroxyl groups is 1. The zero-order valence-corrected chi connectivity index (χ0v) is 11.5. The molecule has 0 aliphatic carbocycles. The SMILES string of the molecule is Nc1ccc(Oc2ccc(CCO)cc2)c2ccncc12. The fraction of sp³-hybridized carbons (Fsp3) is 0.118. The van der Waals surface area contributed by atoms with Gasteiger partial charge in [-0.05, 0) is 42.3 Å². The van der Waals surface area contributed by atoms with Gasteiger partial charge in [-0.1, -0.05) is 12.1 Å². The van der Waals surface area contributed by atoms with E-state index in [9.17, 15) is 0 Å². The lowest BCUT2D eigenvalue weighted by Crippen LogP contribution is -1.92. The maximum Gasteiger partial charge on any atom is 0.135 e. The number of nitrogen functional groups attached to an aromatic ring is 1. The number of rotatable bonds is 4. The van der Waals surface area contributed by atoms with Crippen molar-refractivity contribution in [3.8, 4) is 11.5 Å². The minimum atomic E-state index is 0.149. The first-order valence-corrected chi connectivity index (χ1v) is 6.78. The molecular formula is C17H16N2O2. The van der Waals surface area contributed by atoms with Gasteiger partial charge in [0, 0.05) is 35.5 Å². The minimum absolute atomic E-state index is 0.149. The van der Waals surface area contributed by atoms with Crippen molar-refractivity contribution in [2.24, 2.45) is 0 Å². The van der Waals surface area contributed by atoms with E-state index in [-0.39, 0.29) is 6.61 Å². The summed E-state index contributed by atoms with van der Waals surface area (Å²) in [6.45, 7) is 0.149. The molecule has 0 aliphatic rings. The van der Waals surface area contributed by atoms with Crippen LogP contribution >= 0.6 is 0 Å². The summed E-state index contributed by atoms with van der Waals surface area (Å²) in [6, 6.07) is 13.3. The number of benzene rings is 2. The number of hydrogen-bond donors (Lipinski definition) is 2. The van der Waals surface area contributed by atoms with Crippen LogP contribution in [-0.4, -0.2) is 16.7 Å². The molecule has 106 valence electrons. The van der Waals surface area contributed by atoms with Crippen molar-refractivity contribution in [3.63, 3.8) is 0 Å². The van der Waals surface area contributed by atoms with Gasteiger partial charge in [-0.3, -0.25) is 4.98 Å². The molecule has 0 fully saturated rings. The first-order chi connectivity index (χ1) is 10.3. The Balaban J connectivity index is 1.93. The van der Waals surface area contributed by atoms with E-state index in [0.29, 0.717) is 12.1 Å². The molecule has 21 heavy (non-hydrogen) atoms. The number of aliphatic hydroxyl groups excluding tert-OH is 1. The molecule has 4 nitrogen and oxygen atoms in total. The Hall–Kier alpha value is -2.59. The third kappa shape index (κ3) is 2.80. The molecule has 0 aliphatic heterocycles. The van der Waals surface area contributed by atoms with Gasteiger partial charge in [0.2, 0.25) is 0 Å². The number of aromatic nitrogens is 1. The Morgan fingerprint density at radius 1 is 1.00 bits per heavy atom. The highest BCUT2D eigenvalue weighted by molar-refractivity contribution is 5.96. The quantitative estimate of drug-likeness (QED) is 0.720. The van der Waals surface area contributed by atoms with Gasteiger partial charge in [0.15, 0.2) is 0 Å². The summed E-state index contributed by atoms with van der Waals surface area (Å²) in [6.07, 6.45) is 4.11. The molecule has 4 heteroatoms. The number of hydrogen-bond acceptors (Lipinski definition) is 4. The molecule has 0 amide bonds. The summed E-state index contributed by atoms with van der Waals surface area (Å²) in [7, 11) is 0. The molecule has 0 atom stereocenters. The second-order valence-electron chi connectivity index (χ2n) is 4.79. The number of nitrogens with zero attached hydrogens (tertiary/aromatic N) is 1. The maximum absolute atomic E-state index is 8.92. The van der Waals surface area contributed by atoms with E-state index >= 15 is 0 Å². The van der Waals surface area contributed by atoms with Gasteiger partial charge in [0.1, 0.15) is 11.5 Å². The second-order valence-corrected chi connectivity index (χ2v) is 4.79. The number of ether oxygens (including phenoxy) is 1. The van der Waals surface area contributed by atoms with Crippen LogP contribution in [0.25, 0.3) is 10.8 Å². The molecule has 0 unspecified atom stereocenters. The van der Waals surface area contributed by atoms with Gasteiger partial charge in [-0.2, -0.15) is 0 Å². The third-order valence-electron chi connectivity index (χ3n) is 3.36. The maximum atomic E-state index is 8.92. The smallest absolute Gasteiger partial charge is 0.135 e. The zero-order valence-electron chi connectivity index (χ0n) is 11.5. The summed E-state index contributed by atoms with van der Waals surface area (Å²) in [5.74, 6) is 1.50. The molecule has 3 rings (SSSR count). The predicted octanol–water partition coefficient (Wildman–Crippen LogP) is 3.14. The van der Waals surface area contributed by atoms with Crippen molar-refractivity contribution >= 4 is 16.5 Å². The average Bonchev–Trinajstić information content (AvgIpc) is 2.52. The van der Waals surface area contributed by atoms with E-state index in [1.807, 2.05) is 42.5 Å². The van der Waals surface area contributed by atoms with E-state index in [1.165, 1.54) is 0 Å². The Morgan fingerprint density at radius 2 is 1.81 bits per heavy atom. The Labute approximate surface area is 122 Å². The lowest BCUT2D eigenvalue weighted by Gasteiger charge is -2.10. The van der Waals surface area contributed by atoms with E-state index in [0.717, 1.165) is 27.8 Å². The fourth-order valence-electron chi connectivity index (χ4n) is 2.25. The van der Waals surface area contributed by atoms with Gasteiger partial charge in [0.25, 0.3) is 0 Å². The molecule has 2 aromatic carbocycles. The lowest BCUT2D eigenvalue weighted by atomic mass is 10.1. The van der Waals surface area contributed by atoms with E-state index in [1.54, 1.807) is 12.4 Å². The monoisotopic (exact) mass is 280 g/mol. The Kier molecular flexibility index (Phi) is 3.71. The van der Waals surface area contributed by atoms with Crippen molar-refractivity contribution < 1.29 is 9.84 Å². The van der Waals surface area contributed by atoms with Crippen LogP contribution in [0.15, 0.2) is 54.9 Å². The highest BCUT2D eigenvalue weighted by Crippen LogP contribution is 2.32. The molecule has 0 saturated carbocycles. The van der Waals surface area contributed by atoms with Crippen LogP contribution in [0.5, 0.6) is 11.5 Å². The van der Waals surface area contributed by atoms with Crippen molar-refractivity contribution in [3.05, 3.63) is 60.4 Å². The standard InChI is InChI=1S/C17H16N2O2/c18-16-5-6-17(14-7-9-19-11-15(14)16)21-13-3-1-12(2-4-13)8-10-20/h1-7,9,11,20H,8,10,18H2. The molecule has 0 bridgehead atoms. The van der Waals surface area contributed by atoms with Crippen LogP contribution in [0, 0.1) is 0 Å². The first-order valence-electron chi connectivity index (χ1n) is 6.78. The van der Waals surface area contributed by atoms with Crippen molar-refractivity contribution in [2.75, 3.05) is 12.3 Å². The summed E-state index contributed by atoms with van der Waals surface area (Å²) < 4.78 is 5.93. The normalized spacial score (nSPS) is 10.7. The van der Waals surface area contributed by atoms with Gasteiger partial charge in [0.05, 0.1) is 0 Å². The number of anilines is 1. The van der Waals surface area contributed by atoms with Crippen LogP contribution in [-0.2, 0) is 6.42 Å². The Morgan fingerprint density at radius 3 is 2.57 bits per heavy atom. The van der Waals surface area contributed by atoms with E-state index in [2.05, 4.69) is 4.98 Å². The third-order valence-corrected chi connectivity index (χ3v) is 3.36. The topological polar surface area (TPSA) is 68.4 Å². The second kappa shape index (κ2) is 5.81. The molecule has 0 spiro atoms. The van der Waals surface area contributed by atoms with Gasteiger partial charge in [-0.15, -0.1) is 0 Å². The van der Waals surface area contributed by atoms with E-state index < -0.39 is 0 Å². The highest BCUT2D eigenvalue weighted by Gasteiger charge is 2.06.